The van der Waals surface area contributed by atoms with Gasteiger partial charge in [-0.1, -0.05) is 0 Å². The van der Waals surface area contributed by atoms with Crippen molar-refractivity contribution in [3.63, 3.8) is 0 Å². The second-order valence-electron chi connectivity index (χ2n) is 8.07. The van der Waals surface area contributed by atoms with E-state index in [9.17, 15) is 20.1 Å². The van der Waals surface area contributed by atoms with Crippen LogP contribution in [0, 0.1) is 0 Å². The normalized spacial score (nSPS) is 17.9. The van der Waals surface area contributed by atoms with E-state index in [2.05, 4.69) is 15.3 Å². The Morgan fingerprint density at radius 3 is 2.74 bits per heavy atom. The summed E-state index contributed by atoms with van der Waals surface area (Å²) < 4.78 is 11.8. The number of ether oxygens (including phenoxy) is 2. The minimum Gasteiger partial charge on any atom is -0.507 e. The SMILES string of the molecule is CC1(C)CC(Oc2nccc3cc(NC(=O)c4ncc(O)cc4O)cc(O)c23)CCO1. The summed E-state index contributed by atoms with van der Waals surface area (Å²) in [5.41, 5.74) is -0.243. The summed E-state index contributed by atoms with van der Waals surface area (Å²) >= 11 is 0. The molecule has 9 heteroatoms. The Balaban J connectivity index is 1.60. The highest BCUT2D eigenvalue weighted by Gasteiger charge is 2.31. The number of amides is 1. The van der Waals surface area contributed by atoms with Gasteiger partial charge in [0.25, 0.3) is 5.91 Å². The number of hydrogen-bond donors (Lipinski definition) is 4. The fourth-order valence-corrected chi connectivity index (χ4v) is 3.67. The molecule has 4 N–H and O–H groups in total. The number of benzene rings is 1. The number of phenols is 1. The van der Waals surface area contributed by atoms with Gasteiger partial charge in [0, 0.05) is 36.9 Å². The van der Waals surface area contributed by atoms with Crippen molar-refractivity contribution in [2.24, 2.45) is 0 Å². The van der Waals surface area contributed by atoms with Gasteiger partial charge in [0.05, 0.1) is 23.8 Å². The number of hydrogen-bond acceptors (Lipinski definition) is 8. The summed E-state index contributed by atoms with van der Waals surface area (Å²) in [6, 6.07) is 5.75. The van der Waals surface area contributed by atoms with Crippen LogP contribution in [-0.2, 0) is 4.74 Å². The van der Waals surface area contributed by atoms with Crippen LogP contribution in [0.5, 0.6) is 23.1 Å². The summed E-state index contributed by atoms with van der Waals surface area (Å²) in [4.78, 5) is 20.5. The number of rotatable bonds is 4. The topological polar surface area (TPSA) is 134 Å². The van der Waals surface area contributed by atoms with E-state index in [1.165, 1.54) is 6.07 Å². The first-order valence-corrected chi connectivity index (χ1v) is 9.83. The molecule has 31 heavy (non-hydrogen) atoms. The maximum absolute atomic E-state index is 12.4. The predicted molar refractivity (Wildman–Crippen MR) is 113 cm³/mol. The molecule has 4 rings (SSSR count). The van der Waals surface area contributed by atoms with Gasteiger partial charge < -0.3 is 30.1 Å². The van der Waals surface area contributed by atoms with Gasteiger partial charge in [-0.05, 0) is 31.4 Å². The number of carbonyl (C=O) groups excluding carboxylic acids is 1. The fourth-order valence-electron chi connectivity index (χ4n) is 3.67. The average Bonchev–Trinajstić information content (AvgIpc) is 2.67. The molecule has 0 radical (unpaired) electrons. The molecule has 1 atom stereocenters. The molecule has 1 aliphatic rings. The molecule has 1 aromatic carbocycles. The first-order chi connectivity index (χ1) is 14.7. The number of aromatic nitrogens is 2. The number of phenolic OH excluding ortho intramolecular Hbond substituents is 1. The molecule has 162 valence electrons. The van der Waals surface area contributed by atoms with Crippen molar-refractivity contribution in [2.75, 3.05) is 11.9 Å². The van der Waals surface area contributed by atoms with E-state index in [-0.39, 0.29) is 28.9 Å². The monoisotopic (exact) mass is 425 g/mol. The highest BCUT2D eigenvalue weighted by atomic mass is 16.5. The molecule has 3 heterocycles. The zero-order chi connectivity index (χ0) is 22.2. The molecule has 9 nitrogen and oxygen atoms in total. The van der Waals surface area contributed by atoms with Crippen LogP contribution in [-0.4, -0.2) is 49.5 Å². The quantitative estimate of drug-likeness (QED) is 0.500. The zero-order valence-electron chi connectivity index (χ0n) is 17.1. The van der Waals surface area contributed by atoms with Crippen molar-refractivity contribution < 1.29 is 29.6 Å². The highest BCUT2D eigenvalue weighted by Crippen LogP contribution is 2.37. The van der Waals surface area contributed by atoms with Crippen LogP contribution in [0.2, 0.25) is 0 Å². The molecule has 0 bridgehead atoms. The standard InChI is InChI=1S/C22H23N3O6/c1-22(2)10-15(4-6-30-22)31-21-18-12(3-5-23-21)7-13(8-16(18)27)25-20(29)19-17(28)9-14(26)11-24-19/h3,5,7-9,11,15,26-28H,4,6,10H2,1-2H3,(H,25,29). The van der Waals surface area contributed by atoms with Gasteiger partial charge in [-0.15, -0.1) is 0 Å². The summed E-state index contributed by atoms with van der Waals surface area (Å²) in [5, 5.41) is 33.4. The van der Waals surface area contributed by atoms with Crippen molar-refractivity contribution >= 4 is 22.4 Å². The maximum Gasteiger partial charge on any atom is 0.278 e. The molecular formula is C22H23N3O6. The molecule has 3 aromatic rings. The molecule has 1 saturated heterocycles. The average molecular weight is 425 g/mol. The molecule has 1 unspecified atom stereocenters. The third-order valence-corrected chi connectivity index (χ3v) is 5.06. The Bertz CT molecular complexity index is 1150. The van der Waals surface area contributed by atoms with Crippen LogP contribution >= 0.6 is 0 Å². The lowest BCUT2D eigenvalue weighted by atomic mass is 9.96. The number of pyridine rings is 2. The summed E-state index contributed by atoms with van der Waals surface area (Å²) in [5.74, 6) is -1.20. The minimum absolute atomic E-state index is 0.0934. The first-order valence-electron chi connectivity index (χ1n) is 9.83. The van der Waals surface area contributed by atoms with Gasteiger partial charge in [0.1, 0.15) is 17.6 Å². The lowest BCUT2D eigenvalue weighted by Gasteiger charge is -2.35. The second-order valence-corrected chi connectivity index (χ2v) is 8.07. The first kappa shape index (κ1) is 20.7. The van der Waals surface area contributed by atoms with E-state index in [1.807, 2.05) is 13.8 Å². The largest absolute Gasteiger partial charge is 0.507 e. The van der Waals surface area contributed by atoms with Gasteiger partial charge in [-0.25, -0.2) is 9.97 Å². The van der Waals surface area contributed by atoms with Crippen molar-refractivity contribution in [3.8, 4) is 23.1 Å². The molecule has 0 saturated carbocycles. The number of fused-ring (bicyclic) bond motifs is 1. The van der Waals surface area contributed by atoms with Crippen molar-refractivity contribution in [1.82, 2.24) is 9.97 Å². The number of aromatic hydroxyl groups is 3. The van der Waals surface area contributed by atoms with Gasteiger partial charge in [0.2, 0.25) is 5.88 Å². The van der Waals surface area contributed by atoms with Gasteiger partial charge in [-0.3, -0.25) is 4.79 Å². The van der Waals surface area contributed by atoms with E-state index < -0.39 is 11.7 Å². The van der Waals surface area contributed by atoms with Gasteiger partial charge in [-0.2, -0.15) is 0 Å². The summed E-state index contributed by atoms with van der Waals surface area (Å²) in [6.07, 6.45) is 3.95. The third-order valence-electron chi connectivity index (χ3n) is 5.06. The second kappa shape index (κ2) is 7.92. The van der Waals surface area contributed by atoms with E-state index in [0.717, 1.165) is 18.7 Å². The highest BCUT2D eigenvalue weighted by molar-refractivity contribution is 6.06. The third kappa shape index (κ3) is 4.46. The predicted octanol–water partition coefficient (Wildman–Crippen LogP) is 3.34. The summed E-state index contributed by atoms with van der Waals surface area (Å²) in [7, 11) is 0. The zero-order valence-corrected chi connectivity index (χ0v) is 17.1. The van der Waals surface area contributed by atoms with Crippen LogP contribution in [0.1, 0.15) is 37.2 Å². The van der Waals surface area contributed by atoms with Crippen LogP contribution in [0.15, 0.2) is 36.7 Å². The smallest absolute Gasteiger partial charge is 0.278 e. The van der Waals surface area contributed by atoms with Crippen LogP contribution in [0.3, 0.4) is 0 Å². The van der Waals surface area contributed by atoms with Gasteiger partial charge in [0.15, 0.2) is 11.4 Å². The Morgan fingerprint density at radius 2 is 2.00 bits per heavy atom. The Labute approximate surface area is 178 Å². The number of carbonyl (C=O) groups is 1. The Morgan fingerprint density at radius 1 is 1.19 bits per heavy atom. The lowest BCUT2D eigenvalue weighted by molar-refractivity contribution is -0.0901. The molecule has 2 aromatic heterocycles. The van der Waals surface area contributed by atoms with Crippen molar-refractivity contribution in [3.05, 3.63) is 42.4 Å². The molecule has 0 aliphatic carbocycles. The van der Waals surface area contributed by atoms with Crippen molar-refractivity contribution in [2.45, 2.75) is 38.4 Å². The molecular weight excluding hydrogens is 402 g/mol. The molecule has 1 amide bonds. The minimum atomic E-state index is -0.689. The number of nitrogens with zero attached hydrogens (tertiary/aromatic N) is 2. The number of anilines is 1. The molecule has 1 fully saturated rings. The Kier molecular flexibility index (Phi) is 5.28. The lowest BCUT2D eigenvalue weighted by Crippen LogP contribution is -2.39. The van der Waals surface area contributed by atoms with E-state index in [0.29, 0.717) is 35.4 Å². The van der Waals surface area contributed by atoms with Crippen molar-refractivity contribution in [1.29, 1.82) is 0 Å². The van der Waals surface area contributed by atoms with Crippen LogP contribution in [0.25, 0.3) is 10.8 Å². The van der Waals surface area contributed by atoms with E-state index in [1.54, 1.807) is 18.3 Å². The molecule has 0 spiro atoms. The summed E-state index contributed by atoms with van der Waals surface area (Å²) in [6.45, 7) is 4.60. The fraction of sp³-hybridized carbons (Fsp3) is 0.318. The van der Waals surface area contributed by atoms with E-state index >= 15 is 0 Å². The molecule has 1 aliphatic heterocycles. The van der Waals surface area contributed by atoms with Crippen LogP contribution < -0.4 is 10.1 Å². The van der Waals surface area contributed by atoms with Gasteiger partial charge >= 0.3 is 0 Å². The van der Waals surface area contributed by atoms with Crippen LogP contribution in [0.4, 0.5) is 5.69 Å². The number of nitrogens with one attached hydrogen (secondary N) is 1. The van der Waals surface area contributed by atoms with E-state index in [4.69, 9.17) is 9.47 Å². The maximum atomic E-state index is 12.4. The Hall–Kier alpha value is -3.59.